The summed E-state index contributed by atoms with van der Waals surface area (Å²) in [6.45, 7) is 10.9. The number of halogens is 1. The van der Waals surface area contributed by atoms with Gasteiger partial charge in [-0.15, -0.1) is 0 Å². The number of ether oxygens (including phenoxy) is 1. The molecule has 2 aromatic rings. The number of rotatable bonds is 4. The average molecular weight is 345 g/mol. The molecule has 0 fully saturated rings. The summed E-state index contributed by atoms with van der Waals surface area (Å²) in [6, 6.07) is 14.5. The van der Waals surface area contributed by atoms with Crippen LogP contribution in [-0.2, 0) is 12.0 Å². The molecular weight excluding hydrogens is 324 g/mol. The van der Waals surface area contributed by atoms with Gasteiger partial charge in [0, 0.05) is 0 Å². The van der Waals surface area contributed by atoms with Crippen molar-refractivity contribution in [2.45, 2.75) is 32.8 Å². The van der Waals surface area contributed by atoms with E-state index in [-0.39, 0.29) is 5.41 Å². The highest BCUT2D eigenvalue weighted by molar-refractivity contribution is 9.10. The van der Waals surface area contributed by atoms with Crippen LogP contribution in [0.5, 0.6) is 5.75 Å². The molecule has 21 heavy (non-hydrogen) atoms. The van der Waals surface area contributed by atoms with Crippen molar-refractivity contribution in [2.75, 3.05) is 0 Å². The molecule has 0 aliphatic rings. The minimum atomic E-state index is 0.140. The van der Waals surface area contributed by atoms with Gasteiger partial charge < -0.3 is 4.74 Å². The SMILES string of the molecule is C=Cc1ccc(COc2ccc(C(C)(C)C)cc2Br)cc1. The Balaban J connectivity index is 2.07. The van der Waals surface area contributed by atoms with Gasteiger partial charge in [0.2, 0.25) is 0 Å². The average Bonchev–Trinajstić information content (AvgIpc) is 2.45. The Morgan fingerprint density at radius 1 is 1.10 bits per heavy atom. The molecule has 0 saturated carbocycles. The molecule has 0 amide bonds. The third-order valence-electron chi connectivity index (χ3n) is 3.41. The molecule has 0 aliphatic heterocycles. The molecular formula is C19H21BrO. The molecule has 0 saturated heterocycles. The second kappa shape index (κ2) is 6.48. The van der Waals surface area contributed by atoms with E-state index in [0.29, 0.717) is 6.61 Å². The van der Waals surface area contributed by atoms with Crippen molar-refractivity contribution in [3.63, 3.8) is 0 Å². The molecule has 0 aromatic heterocycles. The summed E-state index contributed by atoms with van der Waals surface area (Å²) in [7, 11) is 0. The Morgan fingerprint density at radius 2 is 1.76 bits per heavy atom. The highest BCUT2D eigenvalue weighted by atomic mass is 79.9. The molecule has 0 spiro atoms. The summed E-state index contributed by atoms with van der Waals surface area (Å²) < 4.78 is 6.89. The van der Waals surface area contributed by atoms with Gasteiger partial charge in [0.05, 0.1) is 4.47 Å². The van der Waals surface area contributed by atoms with Crippen LogP contribution in [0.2, 0.25) is 0 Å². The van der Waals surface area contributed by atoms with E-state index in [4.69, 9.17) is 4.74 Å². The molecule has 0 radical (unpaired) electrons. The zero-order valence-electron chi connectivity index (χ0n) is 12.8. The molecule has 1 nitrogen and oxygen atoms in total. The van der Waals surface area contributed by atoms with Gasteiger partial charge in [0.25, 0.3) is 0 Å². The molecule has 0 aliphatic carbocycles. The largest absolute Gasteiger partial charge is 0.488 e. The zero-order valence-corrected chi connectivity index (χ0v) is 14.4. The second-order valence-electron chi connectivity index (χ2n) is 6.13. The minimum absolute atomic E-state index is 0.140. The maximum absolute atomic E-state index is 5.89. The summed E-state index contributed by atoms with van der Waals surface area (Å²) >= 11 is 3.60. The Labute approximate surface area is 135 Å². The van der Waals surface area contributed by atoms with Crippen molar-refractivity contribution in [1.29, 1.82) is 0 Å². The fraction of sp³-hybridized carbons (Fsp3) is 0.263. The zero-order chi connectivity index (χ0) is 15.5. The van der Waals surface area contributed by atoms with Gasteiger partial charge >= 0.3 is 0 Å². The molecule has 0 N–H and O–H groups in total. The Hall–Kier alpha value is -1.54. The minimum Gasteiger partial charge on any atom is -0.488 e. The lowest BCUT2D eigenvalue weighted by Gasteiger charge is -2.20. The smallest absolute Gasteiger partial charge is 0.134 e. The molecule has 0 bridgehead atoms. The van der Waals surface area contributed by atoms with Crippen LogP contribution in [0.15, 0.2) is 53.5 Å². The van der Waals surface area contributed by atoms with E-state index >= 15 is 0 Å². The van der Waals surface area contributed by atoms with E-state index in [1.54, 1.807) is 0 Å². The molecule has 0 unspecified atom stereocenters. The predicted octanol–water partition coefficient (Wildman–Crippen LogP) is 5.97. The quantitative estimate of drug-likeness (QED) is 0.663. The first kappa shape index (κ1) is 15.8. The Bertz CT molecular complexity index is 621. The molecule has 2 aromatic carbocycles. The summed E-state index contributed by atoms with van der Waals surface area (Å²) in [5, 5.41) is 0. The highest BCUT2D eigenvalue weighted by Gasteiger charge is 2.15. The van der Waals surface area contributed by atoms with E-state index < -0.39 is 0 Å². The Kier molecular flexibility index (Phi) is 4.89. The van der Waals surface area contributed by atoms with Gasteiger partial charge in [0.15, 0.2) is 0 Å². The van der Waals surface area contributed by atoms with E-state index in [1.807, 2.05) is 24.3 Å². The third-order valence-corrected chi connectivity index (χ3v) is 4.03. The lowest BCUT2D eigenvalue weighted by Crippen LogP contribution is -2.11. The molecule has 0 heterocycles. The van der Waals surface area contributed by atoms with Crippen LogP contribution in [0.3, 0.4) is 0 Å². The second-order valence-corrected chi connectivity index (χ2v) is 6.98. The van der Waals surface area contributed by atoms with E-state index in [2.05, 4.69) is 67.5 Å². The Morgan fingerprint density at radius 3 is 2.29 bits per heavy atom. The third kappa shape index (κ3) is 4.21. The fourth-order valence-electron chi connectivity index (χ4n) is 2.00. The summed E-state index contributed by atoms with van der Waals surface area (Å²) in [4.78, 5) is 0. The van der Waals surface area contributed by atoms with E-state index in [9.17, 15) is 0 Å². The monoisotopic (exact) mass is 344 g/mol. The molecule has 0 atom stereocenters. The maximum atomic E-state index is 5.89. The summed E-state index contributed by atoms with van der Waals surface area (Å²) in [6.07, 6.45) is 1.84. The standard InChI is InChI=1S/C19H21BrO/c1-5-14-6-8-15(9-7-14)13-21-18-11-10-16(12-17(18)20)19(2,3)4/h5-12H,1,13H2,2-4H3. The van der Waals surface area contributed by atoms with Crippen molar-refractivity contribution in [3.8, 4) is 5.75 Å². The topological polar surface area (TPSA) is 9.23 Å². The number of hydrogen-bond acceptors (Lipinski definition) is 1. The van der Waals surface area contributed by atoms with Crippen LogP contribution in [0.4, 0.5) is 0 Å². The fourth-order valence-corrected chi connectivity index (χ4v) is 2.49. The van der Waals surface area contributed by atoms with Crippen LogP contribution >= 0.6 is 15.9 Å². The van der Waals surface area contributed by atoms with Crippen molar-refractivity contribution in [3.05, 3.63) is 70.2 Å². The predicted molar refractivity (Wildman–Crippen MR) is 93.7 cm³/mol. The van der Waals surface area contributed by atoms with Gasteiger partial charge in [-0.3, -0.25) is 0 Å². The number of benzene rings is 2. The normalized spacial score (nSPS) is 11.2. The first-order valence-electron chi connectivity index (χ1n) is 7.04. The van der Waals surface area contributed by atoms with Gasteiger partial charge in [0.1, 0.15) is 12.4 Å². The summed E-state index contributed by atoms with van der Waals surface area (Å²) in [5.74, 6) is 0.871. The molecule has 2 heteroatoms. The van der Waals surface area contributed by atoms with Crippen molar-refractivity contribution >= 4 is 22.0 Å². The van der Waals surface area contributed by atoms with Crippen LogP contribution in [0, 0.1) is 0 Å². The van der Waals surface area contributed by atoms with Gasteiger partial charge in [-0.25, -0.2) is 0 Å². The first-order chi connectivity index (χ1) is 9.90. The maximum Gasteiger partial charge on any atom is 0.134 e. The van der Waals surface area contributed by atoms with Crippen molar-refractivity contribution < 1.29 is 4.74 Å². The van der Waals surface area contributed by atoms with Crippen molar-refractivity contribution in [1.82, 2.24) is 0 Å². The van der Waals surface area contributed by atoms with Gasteiger partial charge in [-0.2, -0.15) is 0 Å². The van der Waals surface area contributed by atoms with Gasteiger partial charge in [-0.05, 0) is 50.2 Å². The molecule has 2 rings (SSSR count). The van der Waals surface area contributed by atoms with E-state index in [1.165, 1.54) is 5.56 Å². The molecule has 110 valence electrons. The number of hydrogen-bond donors (Lipinski definition) is 0. The van der Waals surface area contributed by atoms with Crippen LogP contribution in [0.1, 0.15) is 37.5 Å². The van der Waals surface area contributed by atoms with Crippen LogP contribution < -0.4 is 4.74 Å². The van der Waals surface area contributed by atoms with E-state index in [0.717, 1.165) is 21.3 Å². The van der Waals surface area contributed by atoms with Gasteiger partial charge in [-0.1, -0.05) is 63.8 Å². The highest BCUT2D eigenvalue weighted by Crippen LogP contribution is 2.31. The van der Waals surface area contributed by atoms with Crippen LogP contribution in [0.25, 0.3) is 6.08 Å². The summed E-state index contributed by atoms with van der Waals surface area (Å²) in [5.41, 5.74) is 3.70. The first-order valence-corrected chi connectivity index (χ1v) is 7.83. The lowest BCUT2D eigenvalue weighted by atomic mass is 9.87. The van der Waals surface area contributed by atoms with Crippen molar-refractivity contribution in [2.24, 2.45) is 0 Å². The lowest BCUT2D eigenvalue weighted by molar-refractivity contribution is 0.304. The van der Waals surface area contributed by atoms with Crippen LogP contribution in [-0.4, -0.2) is 0 Å².